The number of ether oxygens (including phenoxy) is 4. The SMILES string of the molecule is CC(=S)Nc1ccc(C(c2ccccn2)N2CCOCCOCCN(Cc3cccc(C(=O)O)n3)CCOCCOCC2)cc1.O=C=O.[CH3+]. The number of anilines is 1. The number of nitrogens with one attached hydrogen (secondary N) is 1. The lowest BCUT2D eigenvalue weighted by atomic mass is 10.0. The number of aromatic nitrogens is 2. The predicted molar refractivity (Wildman–Crippen MR) is 187 cm³/mol. The van der Waals surface area contributed by atoms with Gasteiger partial charge in [-0.2, -0.15) is 9.59 Å². The van der Waals surface area contributed by atoms with Gasteiger partial charge >= 0.3 is 12.1 Å². The maximum atomic E-state index is 11.3. The largest absolute Gasteiger partial charge is 0.477 e. The Kier molecular flexibility index (Phi) is 20.2. The molecule has 0 spiro atoms. The predicted octanol–water partition coefficient (Wildman–Crippen LogP) is 3.77. The van der Waals surface area contributed by atoms with E-state index >= 15 is 0 Å². The van der Waals surface area contributed by atoms with Crippen molar-refractivity contribution in [1.82, 2.24) is 19.8 Å². The van der Waals surface area contributed by atoms with E-state index < -0.39 is 5.97 Å². The number of carboxylic acid groups (broad SMARTS) is 1. The first-order valence-electron chi connectivity index (χ1n) is 15.7. The zero-order valence-corrected chi connectivity index (χ0v) is 28.9. The van der Waals surface area contributed by atoms with Gasteiger partial charge in [0.2, 0.25) is 0 Å². The molecule has 1 saturated heterocycles. The molecule has 4 rings (SSSR count). The molecule has 0 saturated carbocycles. The zero-order chi connectivity index (χ0) is 34.4. The van der Waals surface area contributed by atoms with E-state index in [4.69, 9.17) is 45.7 Å². The van der Waals surface area contributed by atoms with Gasteiger partial charge in [-0.3, -0.25) is 14.8 Å². The number of benzene rings is 1. The van der Waals surface area contributed by atoms with Crippen LogP contribution in [0.2, 0.25) is 0 Å². The first-order chi connectivity index (χ1) is 23.4. The molecule has 1 atom stereocenters. The topological polar surface area (TPSA) is 153 Å². The molecule has 49 heavy (non-hydrogen) atoms. The lowest BCUT2D eigenvalue weighted by molar-refractivity contribution is -0.191. The Morgan fingerprint density at radius 3 is 1.94 bits per heavy atom. The minimum atomic E-state index is -1.04. The van der Waals surface area contributed by atoms with Crippen molar-refractivity contribution in [3.05, 3.63) is 96.9 Å². The molecule has 13 nitrogen and oxygen atoms in total. The number of rotatable bonds is 7. The van der Waals surface area contributed by atoms with Crippen LogP contribution < -0.4 is 5.32 Å². The summed E-state index contributed by atoms with van der Waals surface area (Å²) in [7, 11) is 0. The van der Waals surface area contributed by atoms with E-state index in [1.165, 1.54) is 6.07 Å². The van der Waals surface area contributed by atoms with Crippen LogP contribution in [0.3, 0.4) is 0 Å². The fraction of sp³-hybridized carbons (Fsp3) is 0.429. The number of aromatic carboxylic acids is 1. The van der Waals surface area contributed by atoms with Gasteiger partial charge in [-0.25, -0.2) is 9.78 Å². The average Bonchev–Trinajstić information content (AvgIpc) is 3.07. The summed E-state index contributed by atoms with van der Waals surface area (Å²) in [6.45, 7) is 8.96. The van der Waals surface area contributed by atoms with Crippen LogP contribution in [0.25, 0.3) is 0 Å². The Hall–Kier alpha value is -4.11. The van der Waals surface area contributed by atoms with Crippen molar-refractivity contribution in [1.29, 1.82) is 0 Å². The summed E-state index contributed by atoms with van der Waals surface area (Å²) in [6, 6.07) is 19.2. The van der Waals surface area contributed by atoms with Gasteiger partial charge in [-0.15, -0.1) is 0 Å². The first kappa shape index (κ1) is 41.1. The molecule has 3 aromatic rings. The lowest BCUT2D eigenvalue weighted by Gasteiger charge is -2.32. The Balaban J connectivity index is 0.00000201. The van der Waals surface area contributed by atoms with Gasteiger partial charge in [0, 0.05) is 52.0 Å². The molecule has 0 amide bonds. The van der Waals surface area contributed by atoms with E-state index in [1.807, 2.05) is 43.5 Å². The highest BCUT2D eigenvalue weighted by molar-refractivity contribution is 7.80. The van der Waals surface area contributed by atoms with Crippen LogP contribution in [0.5, 0.6) is 0 Å². The molecule has 0 radical (unpaired) electrons. The molecule has 264 valence electrons. The number of carboxylic acids is 1. The van der Waals surface area contributed by atoms with Crippen LogP contribution in [-0.2, 0) is 35.1 Å². The summed E-state index contributed by atoms with van der Waals surface area (Å²) in [5.41, 5.74) is 3.74. The zero-order valence-electron chi connectivity index (χ0n) is 28.1. The van der Waals surface area contributed by atoms with Crippen molar-refractivity contribution in [2.75, 3.05) is 84.4 Å². The number of nitrogens with zero attached hydrogens (tertiary/aromatic N) is 4. The lowest BCUT2D eigenvalue weighted by Crippen LogP contribution is -2.36. The molecule has 1 unspecified atom stereocenters. The van der Waals surface area contributed by atoms with Crippen molar-refractivity contribution in [2.24, 2.45) is 0 Å². The molecule has 1 aliphatic heterocycles. The van der Waals surface area contributed by atoms with Crippen molar-refractivity contribution < 1.29 is 38.4 Å². The third kappa shape index (κ3) is 15.8. The highest BCUT2D eigenvalue weighted by Crippen LogP contribution is 2.28. The van der Waals surface area contributed by atoms with E-state index in [2.05, 4.69) is 38.3 Å². The quantitative estimate of drug-likeness (QED) is 0.272. The van der Waals surface area contributed by atoms with Gasteiger partial charge in [0.05, 0.1) is 75.3 Å². The maximum absolute atomic E-state index is 11.3. The molecule has 3 heterocycles. The van der Waals surface area contributed by atoms with Gasteiger partial charge in [0.25, 0.3) is 0 Å². The summed E-state index contributed by atoms with van der Waals surface area (Å²) in [6.07, 6.45) is 2.07. The summed E-state index contributed by atoms with van der Waals surface area (Å²) in [4.78, 5) is 41.8. The van der Waals surface area contributed by atoms with Gasteiger partial charge in [-0.1, -0.05) is 36.5 Å². The fourth-order valence-corrected chi connectivity index (χ4v) is 5.13. The summed E-state index contributed by atoms with van der Waals surface area (Å²) < 4.78 is 23.8. The van der Waals surface area contributed by atoms with Gasteiger partial charge in [0.1, 0.15) is 5.69 Å². The molecule has 1 fully saturated rings. The smallest absolute Gasteiger partial charge is 0.373 e. The Bertz CT molecular complexity index is 1390. The van der Waals surface area contributed by atoms with Crippen molar-refractivity contribution in [3.8, 4) is 0 Å². The first-order valence-corrected chi connectivity index (χ1v) is 16.1. The third-order valence-corrected chi connectivity index (χ3v) is 7.29. The molecular weight excluding hydrogens is 650 g/mol. The summed E-state index contributed by atoms with van der Waals surface area (Å²) in [5.74, 6) is -1.04. The number of hydrogen-bond acceptors (Lipinski definition) is 12. The normalized spacial score (nSPS) is 16.6. The van der Waals surface area contributed by atoms with Crippen LogP contribution in [0, 0.1) is 7.43 Å². The van der Waals surface area contributed by atoms with Crippen LogP contribution in [0.1, 0.15) is 40.4 Å². The molecule has 14 heteroatoms. The minimum absolute atomic E-state index is 0. The monoisotopic (exact) mass is 696 g/mol. The summed E-state index contributed by atoms with van der Waals surface area (Å²) in [5, 5.41) is 12.5. The Morgan fingerprint density at radius 1 is 0.857 bits per heavy atom. The van der Waals surface area contributed by atoms with Gasteiger partial charge in [-0.05, 0) is 48.9 Å². The van der Waals surface area contributed by atoms with Gasteiger partial charge < -0.3 is 29.4 Å². The second-order valence-corrected chi connectivity index (χ2v) is 11.2. The second kappa shape index (κ2) is 24.1. The average molecular weight is 697 g/mol. The van der Waals surface area contributed by atoms with E-state index in [-0.39, 0.29) is 25.3 Å². The van der Waals surface area contributed by atoms with Crippen molar-refractivity contribution >= 4 is 35.0 Å². The standard InChI is InChI=1S/C33H43N5O6S.CO2.CH3/c1-26(45)35-28-10-8-27(9-11-28)32(30-6-2-3-12-34-30)38-15-19-43-23-21-41-17-13-37(14-18-42-22-24-44-20-16-38)25-29-5-4-7-31(36-29)33(39)40;2-1-3;/h2-12,32H,13-25H2,1H3,(H,35,45)(H,39,40);;1H3/q;;+1. The third-order valence-electron chi connectivity index (χ3n) is 7.18. The van der Waals surface area contributed by atoms with E-state index in [0.29, 0.717) is 91.3 Å². The van der Waals surface area contributed by atoms with Crippen molar-refractivity contribution in [2.45, 2.75) is 19.5 Å². The number of carbonyl (C=O) groups excluding carboxylic acids is 2. The highest BCUT2D eigenvalue weighted by Gasteiger charge is 2.23. The minimum Gasteiger partial charge on any atom is -0.477 e. The van der Waals surface area contributed by atoms with Gasteiger partial charge in [0.15, 0.2) is 0 Å². The van der Waals surface area contributed by atoms with E-state index in [0.717, 1.165) is 21.9 Å². The van der Waals surface area contributed by atoms with Crippen molar-refractivity contribution in [3.63, 3.8) is 0 Å². The highest BCUT2D eigenvalue weighted by atomic mass is 32.1. The maximum Gasteiger partial charge on any atom is 0.373 e. The molecular formula is C35H46N5O8S+. The van der Waals surface area contributed by atoms with Crippen LogP contribution in [0.15, 0.2) is 66.9 Å². The second-order valence-electron chi connectivity index (χ2n) is 10.6. The van der Waals surface area contributed by atoms with Crippen LogP contribution in [-0.4, -0.2) is 121 Å². The summed E-state index contributed by atoms with van der Waals surface area (Å²) >= 11 is 5.21. The molecule has 1 aliphatic rings. The van der Waals surface area contributed by atoms with Crippen LogP contribution >= 0.6 is 12.2 Å². The number of carbonyl (C=O) groups is 1. The molecule has 0 bridgehead atoms. The molecule has 2 aromatic heterocycles. The molecule has 2 N–H and O–H groups in total. The van der Waals surface area contributed by atoms with Crippen LogP contribution in [0.4, 0.5) is 5.69 Å². The molecule has 0 aliphatic carbocycles. The number of pyridine rings is 2. The Labute approximate surface area is 293 Å². The molecule has 1 aromatic carbocycles. The number of hydrogen-bond donors (Lipinski definition) is 2. The van der Waals surface area contributed by atoms with E-state index in [9.17, 15) is 9.90 Å². The van der Waals surface area contributed by atoms with E-state index in [1.54, 1.807) is 6.07 Å². The number of thiocarbonyl (C=S) groups is 1. The fourth-order valence-electron chi connectivity index (χ4n) is 5.01. The Morgan fingerprint density at radius 2 is 1.43 bits per heavy atom.